The molecular formula is C12H13BrFN5O2. The Balaban J connectivity index is 2.25. The van der Waals surface area contributed by atoms with E-state index in [1.54, 1.807) is 6.07 Å². The van der Waals surface area contributed by atoms with Gasteiger partial charge in [-0.15, -0.1) is 4.98 Å². The molecule has 0 aliphatic carbocycles. The quantitative estimate of drug-likeness (QED) is 0.605. The van der Waals surface area contributed by atoms with Crippen LogP contribution >= 0.6 is 15.9 Å². The summed E-state index contributed by atoms with van der Waals surface area (Å²) in [7, 11) is 0. The van der Waals surface area contributed by atoms with Crippen LogP contribution in [0.4, 0.5) is 10.3 Å². The number of nitrogen functional groups attached to an aromatic ring is 1. The lowest BCUT2D eigenvalue weighted by atomic mass is 10.3. The number of hydrogen-bond donors (Lipinski definition) is 2. The number of hydrazine groups is 1. The summed E-state index contributed by atoms with van der Waals surface area (Å²) < 4.78 is 24.9. The molecule has 2 aromatic rings. The van der Waals surface area contributed by atoms with Crippen LogP contribution in [-0.4, -0.2) is 21.6 Å². The summed E-state index contributed by atoms with van der Waals surface area (Å²) >= 11 is 3.16. The van der Waals surface area contributed by atoms with Gasteiger partial charge in [0.15, 0.2) is 11.6 Å². The van der Waals surface area contributed by atoms with Crippen LogP contribution in [0.15, 0.2) is 22.7 Å². The predicted octanol–water partition coefficient (Wildman–Crippen LogP) is 2.64. The van der Waals surface area contributed by atoms with E-state index in [-0.39, 0.29) is 23.7 Å². The summed E-state index contributed by atoms with van der Waals surface area (Å²) in [6.45, 7) is 2.37. The fourth-order valence-electron chi connectivity index (χ4n) is 1.36. The van der Waals surface area contributed by atoms with Crippen molar-refractivity contribution in [2.45, 2.75) is 13.3 Å². The Kier molecular flexibility index (Phi) is 5.23. The first kappa shape index (κ1) is 15.4. The molecule has 21 heavy (non-hydrogen) atoms. The number of ether oxygens (including phenoxy) is 2. The van der Waals surface area contributed by atoms with Crippen molar-refractivity contribution < 1.29 is 13.9 Å². The molecule has 0 unspecified atom stereocenters. The summed E-state index contributed by atoms with van der Waals surface area (Å²) in [5.41, 5.74) is 2.27. The van der Waals surface area contributed by atoms with Crippen molar-refractivity contribution in [3.05, 3.63) is 28.5 Å². The van der Waals surface area contributed by atoms with Gasteiger partial charge in [0.25, 0.3) is 0 Å². The lowest BCUT2D eigenvalue weighted by Crippen LogP contribution is -2.13. The van der Waals surface area contributed by atoms with Gasteiger partial charge in [0.05, 0.1) is 6.61 Å². The second kappa shape index (κ2) is 7.14. The van der Waals surface area contributed by atoms with Gasteiger partial charge in [-0.2, -0.15) is 9.97 Å². The minimum absolute atomic E-state index is 0.0196. The lowest BCUT2D eigenvalue weighted by Gasteiger charge is -2.08. The fourth-order valence-corrected chi connectivity index (χ4v) is 1.70. The van der Waals surface area contributed by atoms with Crippen molar-refractivity contribution in [3.63, 3.8) is 0 Å². The molecule has 0 aliphatic rings. The van der Waals surface area contributed by atoms with Crippen LogP contribution in [0.1, 0.15) is 13.3 Å². The molecule has 0 bridgehead atoms. The molecule has 0 spiro atoms. The Morgan fingerprint density at radius 3 is 2.71 bits per heavy atom. The van der Waals surface area contributed by atoms with Gasteiger partial charge in [-0.3, -0.25) is 5.43 Å². The maximum Gasteiger partial charge on any atom is 0.330 e. The van der Waals surface area contributed by atoms with Crippen molar-refractivity contribution in [2.24, 2.45) is 5.84 Å². The Morgan fingerprint density at radius 2 is 2.05 bits per heavy atom. The van der Waals surface area contributed by atoms with E-state index in [2.05, 4.69) is 36.3 Å². The molecule has 112 valence electrons. The first-order valence-electron chi connectivity index (χ1n) is 6.10. The third-order valence-electron chi connectivity index (χ3n) is 2.25. The first-order valence-corrected chi connectivity index (χ1v) is 6.90. The topological polar surface area (TPSA) is 95.2 Å². The number of rotatable bonds is 6. The van der Waals surface area contributed by atoms with E-state index in [0.29, 0.717) is 11.1 Å². The number of nitrogens with zero attached hydrogens (tertiary/aromatic N) is 3. The van der Waals surface area contributed by atoms with Crippen LogP contribution in [0.2, 0.25) is 0 Å². The summed E-state index contributed by atoms with van der Waals surface area (Å²) in [6, 6.07) is 4.28. The highest BCUT2D eigenvalue weighted by atomic mass is 79.9. The van der Waals surface area contributed by atoms with Crippen LogP contribution in [0.5, 0.6) is 17.8 Å². The second-order valence-corrected chi connectivity index (χ2v) is 4.81. The molecule has 0 saturated carbocycles. The van der Waals surface area contributed by atoms with Gasteiger partial charge in [-0.05, 0) is 24.6 Å². The highest BCUT2D eigenvalue weighted by Gasteiger charge is 2.11. The van der Waals surface area contributed by atoms with E-state index in [1.165, 1.54) is 12.1 Å². The maximum absolute atomic E-state index is 13.7. The molecule has 0 fully saturated rings. The van der Waals surface area contributed by atoms with Crippen molar-refractivity contribution in [3.8, 4) is 17.8 Å². The first-order chi connectivity index (χ1) is 10.1. The molecule has 0 atom stereocenters. The molecule has 2 rings (SSSR count). The van der Waals surface area contributed by atoms with Crippen LogP contribution < -0.4 is 20.7 Å². The SMILES string of the molecule is CCCOc1nc(NN)nc(Oc2ccc(Br)cc2F)n1. The van der Waals surface area contributed by atoms with Crippen LogP contribution in [0, 0.1) is 5.82 Å². The van der Waals surface area contributed by atoms with E-state index in [0.717, 1.165) is 6.42 Å². The molecule has 0 saturated heterocycles. The molecule has 1 aromatic carbocycles. The number of hydrogen-bond acceptors (Lipinski definition) is 7. The Morgan fingerprint density at radius 1 is 1.29 bits per heavy atom. The molecule has 0 aliphatic heterocycles. The molecule has 3 N–H and O–H groups in total. The van der Waals surface area contributed by atoms with Crippen molar-refractivity contribution >= 4 is 21.9 Å². The Bertz CT molecular complexity index is 629. The average Bonchev–Trinajstić information content (AvgIpc) is 2.48. The molecular weight excluding hydrogens is 345 g/mol. The van der Waals surface area contributed by atoms with Gasteiger partial charge in [-0.25, -0.2) is 10.2 Å². The zero-order valence-electron chi connectivity index (χ0n) is 11.1. The summed E-state index contributed by atoms with van der Waals surface area (Å²) in [5.74, 6) is 4.75. The highest BCUT2D eigenvalue weighted by Crippen LogP contribution is 2.26. The molecule has 0 radical (unpaired) electrons. The Hall–Kier alpha value is -2.00. The number of aromatic nitrogens is 3. The monoisotopic (exact) mass is 357 g/mol. The smallest absolute Gasteiger partial charge is 0.330 e. The largest absolute Gasteiger partial charge is 0.463 e. The minimum Gasteiger partial charge on any atom is -0.463 e. The number of nitrogens with one attached hydrogen (secondary N) is 1. The minimum atomic E-state index is -0.553. The maximum atomic E-state index is 13.7. The van der Waals surface area contributed by atoms with Crippen LogP contribution in [0.3, 0.4) is 0 Å². The average molecular weight is 358 g/mol. The van der Waals surface area contributed by atoms with Gasteiger partial charge in [-0.1, -0.05) is 22.9 Å². The van der Waals surface area contributed by atoms with E-state index < -0.39 is 5.82 Å². The van der Waals surface area contributed by atoms with Crippen molar-refractivity contribution in [2.75, 3.05) is 12.0 Å². The third-order valence-corrected chi connectivity index (χ3v) is 2.75. The van der Waals surface area contributed by atoms with Crippen LogP contribution in [-0.2, 0) is 0 Å². The summed E-state index contributed by atoms with van der Waals surface area (Å²) in [6.07, 6.45) is 0.786. The van der Waals surface area contributed by atoms with Gasteiger partial charge in [0.1, 0.15) is 0 Å². The van der Waals surface area contributed by atoms with Gasteiger partial charge < -0.3 is 9.47 Å². The molecule has 7 nitrogen and oxygen atoms in total. The number of halogens is 2. The van der Waals surface area contributed by atoms with Gasteiger partial charge in [0.2, 0.25) is 5.95 Å². The molecule has 0 amide bonds. The lowest BCUT2D eigenvalue weighted by molar-refractivity contribution is 0.284. The zero-order chi connectivity index (χ0) is 15.2. The summed E-state index contributed by atoms with van der Waals surface area (Å²) in [5, 5.41) is 0. The van der Waals surface area contributed by atoms with E-state index in [9.17, 15) is 4.39 Å². The molecule has 1 heterocycles. The highest BCUT2D eigenvalue weighted by molar-refractivity contribution is 9.10. The number of anilines is 1. The molecule has 1 aromatic heterocycles. The fraction of sp³-hybridized carbons (Fsp3) is 0.250. The van der Waals surface area contributed by atoms with Crippen LogP contribution in [0.25, 0.3) is 0 Å². The zero-order valence-corrected chi connectivity index (χ0v) is 12.7. The Labute approximate surface area is 128 Å². The van der Waals surface area contributed by atoms with Crippen molar-refractivity contribution in [1.82, 2.24) is 15.0 Å². The van der Waals surface area contributed by atoms with E-state index in [1.807, 2.05) is 6.92 Å². The standard InChI is InChI=1S/C12H13BrFN5O2/c1-2-5-20-11-16-10(19-15)17-12(18-11)21-9-4-3-7(13)6-8(9)14/h3-4,6H,2,5,15H2,1H3,(H,16,17,18,19). The van der Waals surface area contributed by atoms with E-state index in [4.69, 9.17) is 15.3 Å². The summed E-state index contributed by atoms with van der Waals surface area (Å²) in [4.78, 5) is 11.7. The third kappa shape index (κ3) is 4.23. The molecule has 9 heteroatoms. The normalized spacial score (nSPS) is 10.3. The van der Waals surface area contributed by atoms with Crippen molar-refractivity contribution in [1.29, 1.82) is 0 Å². The van der Waals surface area contributed by atoms with Gasteiger partial charge >= 0.3 is 12.0 Å². The van der Waals surface area contributed by atoms with Gasteiger partial charge in [0, 0.05) is 4.47 Å². The second-order valence-electron chi connectivity index (χ2n) is 3.89. The number of nitrogens with two attached hydrogens (primary N) is 1. The predicted molar refractivity (Wildman–Crippen MR) is 77.6 cm³/mol. The number of benzene rings is 1. The van der Waals surface area contributed by atoms with E-state index >= 15 is 0 Å².